The van der Waals surface area contributed by atoms with Gasteiger partial charge in [-0.1, -0.05) is 0 Å². The Hall–Kier alpha value is -3.33. The number of carbonyl (C=O) groups is 1. The molecule has 0 rings (SSSR count). The van der Waals surface area contributed by atoms with Crippen LogP contribution in [0, 0.1) is 76.6 Å². The Morgan fingerprint density at radius 2 is 0.500 bits per heavy atom. The number of amides is 2. The van der Waals surface area contributed by atoms with Crippen LogP contribution in [0.4, 0.5) is 4.79 Å². The van der Waals surface area contributed by atoms with Crippen molar-refractivity contribution in [2.75, 3.05) is 0 Å². The van der Waals surface area contributed by atoms with E-state index < -0.39 is 31.5 Å². The molecule has 0 atom stereocenters. The fraction of sp³-hybridized carbons (Fsp3) is 0. The van der Waals surface area contributed by atoms with Crippen LogP contribution in [-0.2, 0) is 17.1 Å². The summed E-state index contributed by atoms with van der Waals surface area (Å²) in [6, 6.07) is -0.833. The molecule has 0 saturated heterocycles. The van der Waals surface area contributed by atoms with E-state index >= 15 is 0 Å². The van der Waals surface area contributed by atoms with Gasteiger partial charge in [-0.15, -0.1) is 0 Å². The molecule has 4 N–H and O–H groups in total. The summed E-state index contributed by atoms with van der Waals surface area (Å²) in [6.07, 6.45) is 0. The number of carbonyl (C=O) groups excluding carboxylic acids is 1. The molecule has 25 heteroatoms. The van der Waals surface area contributed by atoms with Crippen molar-refractivity contribution >= 4 is 32.2 Å². The molecule has 0 spiro atoms. The normalized spacial score (nSPS) is 5.54. The molecule has 0 aliphatic heterocycles. The van der Waals surface area contributed by atoms with Crippen LogP contribution in [0.25, 0.3) is 0 Å². The molecule has 155 valence electrons. The molecule has 2 amide bonds. The van der Waals surface area contributed by atoms with Crippen LogP contribution in [-0.4, -0.2) is 57.7 Å². The van der Waals surface area contributed by atoms with Gasteiger partial charge in [-0.25, -0.2) is 4.79 Å². The van der Waals surface area contributed by atoms with Gasteiger partial charge in [0.2, 0.25) is 0 Å². The summed E-state index contributed by atoms with van der Waals surface area (Å²) < 4.78 is 0. The summed E-state index contributed by atoms with van der Waals surface area (Å²) in [6.45, 7) is 0. The molecule has 0 aromatic carbocycles. The number of nitrogens with zero attached hydrogens (tertiary/aromatic N) is 5. The molecule has 0 fully saturated rings. The third kappa shape index (κ3) is 723. The minimum atomic E-state index is -1.75. The van der Waals surface area contributed by atoms with Gasteiger partial charge in [0.15, 0.2) is 0 Å². The smallest absolute Gasteiger partial charge is 0.356 e. The van der Waals surface area contributed by atoms with Gasteiger partial charge in [-0.3, -0.25) is 0 Å². The van der Waals surface area contributed by atoms with Gasteiger partial charge in [0.05, 0.1) is 25.4 Å². The van der Waals surface area contributed by atoms with Gasteiger partial charge < -0.3 is 88.1 Å². The number of hydrogen-bond acceptors (Lipinski definition) is 16. The van der Waals surface area contributed by atoms with Gasteiger partial charge in [0.1, 0.15) is 0 Å². The first-order valence-electron chi connectivity index (χ1n) is 3.52. The van der Waals surface area contributed by atoms with Gasteiger partial charge in [0, 0.05) is 0 Å². The largest absolute Gasteiger partial charge is 3.00 e. The maximum atomic E-state index is 9.00. The van der Waals surface area contributed by atoms with E-state index in [0.717, 1.165) is 0 Å². The van der Waals surface area contributed by atoms with Gasteiger partial charge in [-0.2, -0.15) is 0 Å². The Morgan fingerprint density at radius 1 is 0.500 bits per heavy atom. The summed E-state index contributed by atoms with van der Waals surface area (Å²) >= 11 is 0. The molecular weight excluding hydrogens is 639 g/mol. The first kappa shape index (κ1) is 49.5. The molecule has 0 aromatic heterocycles. The fourth-order valence-corrected chi connectivity index (χ4v) is 0. The van der Waals surface area contributed by atoms with E-state index in [0.29, 0.717) is 0 Å². The average molecular weight is 643 g/mol. The Labute approximate surface area is 167 Å². The molecule has 0 bridgehead atoms. The molecule has 0 heterocycles. The maximum Gasteiger partial charge on any atom is 3.00 e. The molecule has 0 aliphatic carbocycles. The van der Waals surface area contributed by atoms with Crippen molar-refractivity contribution in [1.29, 1.82) is 0 Å². The molecular formula is CH4BiCuN7O16. The quantitative estimate of drug-likeness (QED) is 0.156. The molecule has 0 aromatic rings. The topological polar surface area (TPSA) is 400 Å². The SMILES string of the molecule is NC(N)=O.O=[N+]([O-])[O-].O=[N+]([O-])[O-].O=[N+]([O-])[O-].O=[N+]([O-])[O-].O=[N+]([O-])[O-].[Bi+3].[Cu+2]. The summed E-state index contributed by atoms with van der Waals surface area (Å²) in [5.41, 5.74) is 8.50. The number of nitrogens with two attached hydrogens (primary N) is 2. The van der Waals surface area contributed by atoms with Crippen LogP contribution < -0.4 is 11.5 Å². The van der Waals surface area contributed by atoms with Crippen molar-refractivity contribution in [3.05, 3.63) is 76.6 Å². The zero-order valence-electron chi connectivity index (χ0n) is 11.2. The molecule has 0 unspecified atom stereocenters. The molecule has 3 radical (unpaired) electrons. The molecule has 23 nitrogen and oxygen atoms in total. The van der Waals surface area contributed by atoms with E-state index in [1.807, 2.05) is 0 Å². The molecule has 0 aliphatic rings. The van der Waals surface area contributed by atoms with E-state index in [1.165, 1.54) is 0 Å². The van der Waals surface area contributed by atoms with Crippen LogP contribution in [0.15, 0.2) is 0 Å². The summed E-state index contributed by atoms with van der Waals surface area (Å²) in [5.74, 6) is 0. The first-order chi connectivity index (χ1) is 10.4. The second kappa shape index (κ2) is 43.0. The zero-order chi connectivity index (χ0) is 21.5. The maximum absolute atomic E-state index is 9.00. The van der Waals surface area contributed by atoms with Crippen LogP contribution in [0.5, 0.6) is 0 Å². The second-order valence-corrected chi connectivity index (χ2v) is 1.52. The third-order valence-corrected chi connectivity index (χ3v) is 0. The predicted octanol–water partition coefficient (Wildman–Crippen LogP) is -2.55. The fourth-order valence-electron chi connectivity index (χ4n) is 0. The second-order valence-electron chi connectivity index (χ2n) is 1.52. The molecule has 0 saturated carbocycles. The van der Waals surface area contributed by atoms with Crippen molar-refractivity contribution in [1.82, 2.24) is 0 Å². The summed E-state index contributed by atoms with van der Waals surface area (Å²) in [5, 5.41) is 73.8. The van der Waals surface area contributed by atoms with Gasteiger partial charge in [-0.05, 0) is 0 Å². The third-order valence-electron chi connectivity index (χ3n) is 0. The summed E-state index contributed by atoms with van der Waals surface area (Å²) in [7, 11) is 0. The van der Waals surface area contributed by atoms with E-state index in [1.54, 1.807) is 0 Å². The number of primary amides is 2. The Bertz CT molecular complexity index is 270. The van der Waals surface area contributed by atoms with Crippen molar-refractivity contribution in [3.8, 4) is 0 Å². The van der Waals surface area contributed by atoms with Gasteiger partial charge >= 0.3 is 49.3 Å². The Balaban J connectivity index is -0.0000000245. The van der Waals surface area contributed by atoms with Crippen molar-refractivity contribution in [2.24, 2.45) is 11.5 Å². The zero-order valence-corrected chi connectivity index (χ0v) is 15.6. The van der Waals surface area contributed by atoms with Crippen LogP contribution in [0.2, 0.25) is 0 Å². The van der Waals surface area contributed by atoms with Crippen LogP contribution in [0.3, 0.4) is 0 Å². The Kier molecular flexibility index (Phi) is 81.9. The summed E-state index contributed by atoms with van der Waals surface area (Å²) in [4.78, 5) is 50.2. The number of urea groups is 1. The van der Waals surface area contributed by atoms with E-state index in [2.05, 4.69) is 11.5 Å². The van der Waals surface area contributed by atoms with E-state index in [-0.39, 0.29) is 43.3 Å². The van der Waals surface area contributed by atoms with Gasteiger partial charge in [0.25, 0.3) is 0 Å². The predicted molar refractivity (Wildman–Crippen MR) is 71.3 cm³/mol. The average Bonchev–Trinajstić information content (AvgIpc) is 2.08. The number of rotatable bonds is 0. The van der Waals surface area contributed by atoms with Crippen molar-refractivity contribution in [3.63, 3.8) is 0 Å². The minimum absolute atomic E-state index is 0. The Morgan fingerprint density at radius 3 is 0.500 bits per heavy atom. The minimum Gasteiger partial charge on any atom is -0.356 e. The molecule has 26 heavy (non-hydrogen) atoms. The van der Waals surface area contributed by atoms with Crippen molar-refractivity contribution in [2.45, 2.75) is 0 Å². The van der Waals surface area contributed by atoms with Crippen LogP contribution >= 0.6 is 0 Å². The standard InChI is InChI=1S/CH4N2O.Bi.Cu.5NO3/c2-1(3)4;;;5*2-1(3)4/h(H4,2,3,4);;;;;;;/q;+3;+2;5*-1. The first-order valence-corrected chi connectivity index (χ1v) is 3.52. The number of hydrogen-bond donors (Lipinski definition) is 2. The van der Waals surface area contributed by atoms with E-state index in [4.69, 9.17) is 81.4 Å². The van der Waals surface area contributed by atoms with E-state index in [9.17, 15) is 0 Å². The monoisotopic (exact) mass is 642 g/mol. The van der Waals surface area contributed by atoms with Crippen LogP contribution in [0.1, 0.15) is 0 Å². The van der Waals surface area contributed by atoms with Crippen molar-refractivity contribution < 1.29 is 47.3 Å².